The molecule has 1 heterocycles. The number of rotatable bonds is 3. The molecule has 26 heavy (non-hydrogen) atoms. The van der Waals surface area contributed by atoms with E-state index in [4.69, 9.17) is 43.5 Å². The van der Waals surface area contributed by atoms with E-state index in [1.54, 1.807) is 18.2 Å². The molecule has 0 saturated carbocycles. The summed E-state index contributed by atoms with van der Waals surface area (Å²) in [5.41, 5.74) is 1.52. The standard InChI is InChI=1S/C16H15Cl2N5O2.ClH/c17-11-3-2-10(6-12(11)18)22-16(20)23-15(19)21-7-9-1-4-13-14(5-9)25-8-24-13;/h1-6H,7-8H2,(H5,19,20,21,22,23);1H. The molecular formula is C16H16Cl3N5O2. The van der Waals surface area contributed by atoms with E-state index >= 15 is 0 Å². The molecule has 0 atom stereocenters. The SMILES string of the molecule is Cl.N=C(NCc1ccc2c(c1)OCO2)NC(=N)Nc1ccc(Cl)c(Cl)c1. The first-order valence-corrected chi connectivity index (χ1v) is 8.05. The van der Waals surface area contributed by atoms with Gasteiger partial charge in [-0.05, 0) is 35.9 Å². The Balaban J connectivity index is 0.00000243. The van der Waals surface area contributed by atoms with E-state index in [1.807, 2.05) is 18.2 Å². The monoisotopic (exact) mass is 415 g/mol. The Morgan fingerprint density at radius 3 is 2.50 bits per heavy atom. The molecule has 0 amide bonds. The number of ether oxygens (including phenoxy) is 2. The van der Waals surface area contributed by atoms with Gasteiger partial charge >= 0.3 is 0 Å². The third-order valence-electron chi connectivity index (χ3n) is 3.35. The molecule has 2 aromatic carbocycles. The van der Waals surface area contributed by atoms with Crippen molar-refractivity contribution in [3.05, 3.63) is 52.0 Å². The first kappa shape index (κ1) is 20.0. The maximum atomic E-state index is 7.86. The van der Waals surface area contributed by atoms with Crippen LogP contribution in [0.5, 0.6) is 11.5 Å². The summed E-state index contributed by atoms with van der Waals surface area (Å²) in [7, 11) is 0. The van der Waals surface area contributed by atoms with E-state index in [0.29, 0.717) is 33.8 Å². The molecule has 1 aliphatic rings. The molecule has 3 rings (SSSR count). The number of anilines is 1. The molecule has 0 radical (unpaired) electrons. The maximum Gasteiger partial charge on any atom is 0.231 e. The van der Waals surface area contributed by atoms with Crippen molar-refractivity contribution >= 4 is 53.2 Å². The van der Waals surface area contributed by atoms with Crippen molar-refractivity contribution in [3.63, 3.8) is 0 Å². The third-order valence-corrected chi connectivity index (χ3v) is 4.08. The topological polar surface area (TPSA) is 102 Å². The zero-order chi connectivity index (χ0) is 17.8. The molecule has 0 aromatic heterocycles. The normalized spacial score (nSPS) is 11.3. The van der Waals surface area contributed by atoms with Crippen LogP contribution in [0.25, 0.3) is 0 Å². The van der Waals surface area contributed by atoms with E-state index in [2.05, 4.69) is 16.0 Å². The van der Waals surface area contributed by atoms with E-state index in [1.165, 1.54) is 0 Å². The molecule has 0 saturated heterocycles. The maximum absolute atomic E-state index is 7.86. The van der Waals surface area contributed by atoms with Crippen LogP contribution in [0.3, 0.4) is 0 Å². The van der Waals surface area contributed by atoms with Gasteiger partial charge in [0.2, 0.25) is 6.79 Å². The molecule has 0 spiro atoms. The summed E-state index contributed by atoms with van der Waals surface area (Å²) in [6.07, 6.45) is 0. The smallest absolute Gasteiger partial charge is 0.231 e. The van der Waals surface area contributed by atoms with Gasteiger partial charge in [-0.3, -0.25) is 16.1 Å². The highest BCUT2D eigenvalue weighted by Crippen LogP contribution is 2.32. The fourth-order valence-electron chi connectivity index (χ4n) is 2.16. The minimum atomic E-state index is -0.0680. The second-order valence-electron chi connectivity index (χ2n) is 5.17. The van der Waals surface area contributed by atoms with Crippen LogP contribution in [0.4, 0.5) is 5.69 Å². The molecule has 2 aromatic rings. The Bertz CT molecular complexity index is 832. The Morgan fingerprint density at radius 1 is 0.962 bits per heavy atom. The van der Waals surface area contributed by atoms with Crippen molar-refractivity contribution in [1.82, 2.24) is 10.6 Å². The first-order chi connectivity index (χ1) is 12.0. The van der Waals surface area contributed by atoms with Crippen molar-refractivity contribution in [1.29, 1.82) is 10.8 Å². The second kappa shape index (κ2) is 8.84. The number of halogens is 3. The molecule has 1 aliphatic heterocycles. The predicted molar refractivity (Wildman–Crippen MR) is 105 cm³/mol. The summed E-state index contributed by atoms with van der Waals surface area (Å²) in [6.45, 7) is 0.629. The van der Waals surface area contributed by atoms with Crippen LogP contribution in [0.1, 0.15) is 5.56 Å². The van der Waals surface area contributed by atoms with Crippen molar-refractivity contribution in [2.45, 2.75) is 6.54 Å². The quantitative estimate of drug-likeness (QED) is 0.387. The van der Waals surface area contributed by atoms with Crippen LogP contribution < -0.4 is 25.4 Å². The Morgan fingerprint density at radius 2 is 1.73 bits per heavy atom. The average molecular weight is 417 g/mol. The minimum Gasteiger partial charge on any atom is -0.454 e. The second-order valence-corrected chi connectivity index (χ2v) is 5.98. The lowest BCUT2D eigenvalue weighted by molar-refractivity contribution is 0.174. The van der Waals surface area contributed by atoms with Gasteiger partial charge in [0.1, 0.15) is 0 Å². The molecular weight excluding hydrogens is 401 g/mol. The predicted octanol–water partition coefficient (Wildman–Crippen LogP) is 3.80. The van der Waals surface area contributed by atoms with E-state index in [0.717, 1.165) is 5.56 Å². The summed E-state index contributed by atoms with van der Waals surface area (Å²) in [4.78, 5) is 0. The summed E-state index contributed by atoms with van der Waals surface area (Å²) >= 11 is 11.8. The van der Waals surface area contributed by atoms with Crippen LogP contribution in [0, 0.1) is 10.8 Å². The van der Waals surface area contributed by atoms with E-state index < -0.39 is 0 Å². The number of benzene rings is 2. The van der Waals surface area contributed by atoms with Gasteiger partial charge < -0.3 is 20.1 Å². The Labute approximate surface area is 166 Å². The van der Waals surface area contributed by atoms with E-state index in [-0.39, 0.29) is 31.1 Å². The molecule has 138 valence electrons. The average Bonchev–Trinajstić information content (AvgIpc) is 3.04. The van der Waals surface area contributed by atoms with Crippen LogP contribution in [-0.2, 0) is 6.54 Å². The molecule has 0 fully saturated rings. The number of fused-ring (bicyclic) bond motifs is 1. The largest absolute Gasteiger partial charge is 0.454 e. The van der Waals surface area contributed by atoms with Gasteiger partial charge in [-0.1, -0.05) is 29.3 Å². The van der Waals surface area contributed by atoms with Gasteiger partial charge in [0.15, 0.2) is 23.4 Å². The molecule has 0 bridgehead atoms. The van der Waals surface area contributed by atoms with Crippen LogP contribution in [0.15, 0.2) is 36.4 Å². The lowest BCUT2D eigenvalue weighted by Crippen LogP contribution is -2.42. The first-order valence-electron chi connectivity index (χ1n) is 7.30. The third kappa shape index (κ3) is 5.08. The Kier molecular flexibility index (Phi) is 6.79. The number of hydrogen-bond acceptors (Lipinski definition) is 4. The summed E-state index contributed by atoms with van der Waals surface area (Å²) < 4.78 is 10.6. The minimum absolute atomic E-state index is 0. The van der Waals surface area contributed by atoms with E-state index in [9.17, 15) is 0 Å². The lowest BCUT2D eigenvalue weighted by atomic mass is 10.2. The summed E-state index contributed by atoms with van der Waals surface area (Å²) in [5.74, 6) is 1.31. The van der Waals surface area contributed by atoms with Gasteiger partial charge in [0.05, 0.1) is 10.0 Å². The molecule has 0 aliphatic carbocycles. The van der Waals surface area contributed by atoms with Gasteiger partial charge in [-0.25, -0.2) is 0 Å². The highest BCUT2D eigenvalue weighted by Gasteiger charge is 2.13. The summed E-state index contributed by atoms with van der Waals surface area (Å²) in [6, 6.07) is 10.5. The number of hydrogen-bond donors (Lipinski definition) is 5. The van der Waals surface area contributed by atoms with Crippen LogP contribution in [-0.4, -0.2) is 18.7 Å². The molecule has 10 heteroatoms. The molecule has 0 unspecified atom stereocenters. The van der Waals surface area contributed by atoms with Gasteiger partial charge in [-0.15, -0.1) is 12.4 Å². The number of guanidine groups is 2. The highest BCUT2D eigenvalue weighted by atomic mass is 35.5. The van der Waals surface area contributed by atoms with Gasteiger partial charge in [0, 0.05) is 12.2 Å². The van der Waals surface area contributed by atoms with Gasteiger partial charge in [0.25, 0.3) is 0 Å². The summed E-state index contributed by atoms with van der Waals surface area (Å²) in [5, 5.41) is 24.8. The van der Waals surface area contributed by atoms with Crippen molar-refractivity contribution < 1.29 is 9.47 Å². The number of nitrogens with one attached hydrogen (secondary N) is 5. The molecule has 7 nitrogen and oxygen atoms in total. The van der Waals surface area contributed by atoms with Crippen molar-refractivity contribution in [2.24, 2.45) is 0 Å². The Hall–Kier alpha value is -2.35. The lowest BCUT2D eigenvalue weighted by Gasteiger charge is -2.13. The zero-order valence-corrected chi connectivity index (χ0v) is 15.7. The van der Waals surface area contributed by atoms with Crippen LogP contribution in [0.2, 0.25) is 10.0 Å². The fourth-order valence-corrected chi connectivity index (χ4v) is 2.46. The fraction of sp³-hybridized carbons (Fsp3) is 0.125. The van der Waals surface area contributed by atoms with Crippen molar-refractivity contribution in [3.8, 4) is 11.5 Å². The highest BCUT2D eigenvalue weighted by molar-refractivity contribution is 6.42. The van der Waals surface area contributed by atoms with Crippen LogP contribution >= 0.6 is 35.6 Å². The van der Waals surface area contributed by atoms with Gasteiger partial charge in [-0.2, -0.15) is 0 Å². The zero-order valence-electron chi connectivity index (χ0n) is 13.4. The molecule has 5 N–H and O–H groups in total. The van der Waals surface area contributed by atoms with Crippen molar-refractivity contribution in [2.75, 3.05) is 12.1 Å².